The fourth-order valence-electron chi connectivity index (χ4n) is 3.13. The SMILES string of the molecule is CCOc1ccccc1N1CC(C(=O)NCC(N)C2CC2)CC1=O. The van der Waals surface area contributed by atoms with E-state index >= 15 is 0 Å². The monoisotopic (exact) mass is 331 g/mol. The van der Waals surface area contributed by atoms with Gasteiger partial charge in [0.25, 0.3) is 0 Å². The van der Waals surface area contributed by atoms with Crippen molar-refractivity contribution in [2.75, 3.05) is 24.6 Å². The maximum atomic E-state index is 12.4. The van der Waals surface area contributed by atoms with E-state index in [4.69, 9.17) is 10.5 Å². The smallest absolute Gasteiger partial charge is 0.227 e. The summed E-state index contributed by atoms with van der Waals surface area (Å²) in [5.74, 6) is 0.749. The summed E-state index contributed by atoms with van der Waals surface area (Å²) in [4.78, 5) is 26.4. The highest BCUT2D eigenvalue weighted by Crippen LogP contribution is 2.33. The summed E-state index contributed by atoms with van der Waals surface area (Å²) in [6, 6.07) is 7.47. The molecule has 0 spiro atoms. The first-order valence-electron chi connectivity index (χ1n) is 8.65. The molecule has 0 radical (unpaired) electrons. The van der Waals surface area contributed by atoms with Gasteiger partial charge in [0, 0.05) is 25.6 Å². The summed E-state index contributed by atoms with van der Waals surface area (Å²) in [7, 11) is 0. The Balaban J connectivity index is 1.61. The lowest BCUT2D eigenvalue weighted by Gasteiger charge is -2.20. The molecule has 1 aliphatic heterocycles. The summed E-state index contributed by atoms with van der Waals surface area (Å²) in [6.07, 6.45) is 2.53. The number of nitrogens with two attached hydrogens (primary N) is 1. The number of hydrogen-bond donors (Lipinski definition) is 2. The zero-order chi connectivity index (χ0) is 17.1. The molecule has 2 aliphatic rings. The molecule has 1 heterocycles. The van der Waals surface area contributed by atoms with Gasteiger partial charge in [-0.05, 0) is 37.8 Å². The molecule has 0 bridgehead atoms. The molecule has 3 rings (SSSR count). The molecule has 24 heavy (non-hydrogen) atoms. The number of hydrogen-bond acceptors (Lipinski definition) is 4. The highest BCUT2D eigenvalue weighted by Gasteiger charge is 2.37. The molecule has 2 fully saturated rings. The molecule has 2 unspecified atom stereocenters. The lowest BCUT2D eigenvalue weighted by molar-refractivity contribution is -0.126. The molecule has 6 nitrogen and oxygen atoms in total. The number of carbonyl (C=O) groups excluding carboxylic acids is 2. The predicted octanol–water partition coefficient (Wildman–Crippen LogP) is 1.29. The van der Waals surface area contributed by atoms with Gasteiger partial charge < -0.3 is 20.7 Å². The van der Waals surface area contributed by atoms with E-state index in [-0.39, 0.29) is 30.2 Å². The van der Waals surface area contributed by atoms with Gasteiger partial charge in [-0.2, -0.15) is 0 Å². The summed E-state index contributed by atoms with van der Waals surface area (Å²) in [6.45, 7) is 3.31. The van der Waals surface area contributed by atoms with Crippen LogP contribution in [0.4, 0.5) is 5.69 Å². The Morgan fingerprint density at radius 3 is 2.88 bits per heavy atom. The number of nitrogens with zero attached hydrogens (tertiary/aromatic N) is 1. The fourth-order valence-corrected chi connectivity index (χ4v) is 3.13. The molecule has 1 saturated carbocycles. The van der Waals surface area contributed by atoms with E-state index in [1.54, 1.807) is 4.90 Å². The molecule has 3 N–H and O–H groups in total. The topological polar surface area (TPSA) is 84.7 Å². The van der Waals surface area contributed by atoms with Crippen molar-refractivity contribution in [2.24, 2.45) is 17.6 Å². The molecule has 1 aromatic carbocycles. The second-order valence-corrected chi connectivity index (χ2v) is 6.55. The zero-order valence-electron chi connectivity index (χ0n) is 14.0. The average molecular weight is 331 g/mol. The second kappa shape index (κ2) is 7.21. The standard InChI is InChI=1S/C18H25N3O3/c1-2-24-16-6-4-3-5-15(16)21-11-13(9-17(21)22)18(23)20-10-14(19)12-7-8-12/h3-6,12-14H,2,7-11,19H2,1H3,(H,20,23). The highest BCUT2D eigenvalue weighted by atomic mass is 16.5. The molecule has 1 saturated heterocycles. The number of benzene rings is 1. The first kappa shape index (κ1) is 16.8. The Hall–Kier alpha value is -2.08. The molecular weight excluding hydrogens is 306 g/mol. The van der Waals surface area contributed by atoms with Crippen LogP contribution in [0.2, 0.25) is 0 Å². The first-order chi connectivity index (χ1) is 11.6. The number of para-hydroxylation sites is 2. The van der Waals surface area contributed by atoms with Gasteiger partial charge in [0.15, 0.2) is 0 Å². The van der Waals surface area contributed by atoms with E-state index in [1.165, 1.54) is 0 Å². The third kappa shape index (κ3) is 3.70. The average Bonchev–Trinajstić information content (AvgIpc) is 3.36. The van der Waals surface area contributed by atoms with Gasteiger partial charge in [-0.15, -0.1) is 0 Å². The van der Waals surface area contributed by atoms with E-state index < -0.39 is 0 Å². The molecule has 2 atom stereocenters. The van der Waals surface area contributed by atoms with Crippen molar-refractivity contribution < 1.29 is 14.3 Å². The lowest BCUT2D eigenvalue weighted by Crippen LogP contribution is -2.41. The van der Waals surface area contributed by atoms with E-state index in [1.807, 2.05) is 31.2 Å². The Morgan fingerprint density at radius 2 is 2.17 bits per heavy atom. The van der Waals surface area contributed by atoms with E-state index in [9.17, 15) is 9.59 Å². The van der Waals surface area contributed by atoms with Crippen LogP contribution in [-0.2, 0) is 9.59 Å². The number of amides is 2. The summed E-state index contributed by atoms with van der Waals surface area (Å²) in [5.41, 5.74) is 6.75. The van der Waals surface area contributed by atoms with Gasteiger partial charge in [0.2, 0.25) is 11.8 Å². The maximum absolute atomic E-state index is 12.4. The number of carbonyl (C=O) groups is 2. The molecular formula is C18H25N3O3. The number of ether oxygens (including phenoxy) is 1. The van der Waals surface area contributed by atoms with Crippen LogP contribution in [0, 0.1) is 11.8 Å². The first-order valence-corrected chi connectivity index (χ1v) is 8.65. The van der Waals surface area contributed by atoms with Crippen LogP contribution in [0.1, 0.15) is 26.2 Å². The van der Waals surface area contributed by atoms with Crippen LogP contribution in [0.5, 0.6) is 5.75 Å². The third-order valence-electron chi connectivity index (χ3n) is 4.69. The molecule has 1 aromatic rings. The van der Waals surface area contributed by atoms with Crippen molar-refractivity contribution in [1.82, 2.24) is 5.32 Å². The minimum atomic E-state index is -0.335. The van der Waals surface area contributed by atoms with Crippen LogP contribution >= 0.6 is 0 Å². The predicted molar refractivity (Wildman–Crippen MR) is 91.8 cm³/mol. The summed E-state index contributed by atoms with van der Waals surface area (Å²) in [5, 5.41) is 2.90. The summed E-state index contributed by atoms with van der Waals surface area (Å²) < 4.78 is 5.59. The molecule has 2 amide bonds. The molecule has 0 aromatic heterocycles. The normalized spacial score (nSPS) is 21.7. The van der Waals surface area contributed by atoms with Crippen molar-refractivity contribution in [3.05, 3.63) is 24.3 Å². The number of nitrogens with one attached hydrogen (secondary N) is 1. The number of anilines is 1. The second-order valence-electron chi connectivity index (χ2n) is 6.55. The van der Waals surface area contributed by atoms with Gasteiger partial charge >= 0.3 is 0 Å². The van der Waals surface area contributed by atoms with E-state index in [0.717, 1.165) is 18.5 Å². The van der Waals surface area contributed by atoms with Gasteiger partial charge in [-0.25, -0.2) is 0 Å². The fraction of sp³-hybridized carbons (Fsp3) is 0.556. The molecule has 1 aliphatic carbocycles. The largest absolute Gasteiger partial charge is 0.492 e. The quantitative estimate of drug-likeness (QED) is 0.788. The zero-order valence-corrected chi connectivity index (χ0v) is 14.0. The Labute approximate surface area is 142 Å². The highest BCUT2D eigenvalue weighted by molar-refractivity contribution is 6.01. The minimum Gasteiger partial charge on any atom is -0.492 e. The lowest BCUT2D eigenvalue weighted by atomic mass is 10.1. The summed E-state index contributed by atoms with van der Waals surface area (Å²) >= 11 is 0. The van der Waals surface area contributed by atoms with Gasteiger partial charge in [0.1, 0.15) is 5.75 Å². The van der Waals surface area contributed by atoms with Crippen molar-refractivity contribution in [3.63, 3.8) is 0 Å². The van der Waals surface area contributed by atoms with Crippen molar-refractivity contribution in [1.29, 1.82) is 0 Å². The van der Waals surface area contributed by atoms with Crippen LogP contribution in [-0.4, -0.2) is 37.6 Å². The third-order valence-corrected chi connectivity index (χ3v) is 4.69. The van der Waals surface area contributed by atoms with Gasteiger partial charge in [-0.3, -0.25) is 9.59 Å². The number of rotatable bonds is 7. The van der Waals surface area contributed by atoms with Crippen LogP contribution in [0.15, 0.2) is 24.3 Å². The van der Waals surface area contributed by atoms with Crippen molar-refractivity contribution in [3.8, 4) is 5.75 Å². The van der Waals surface area contributed by atoms with Gasteiger partial charge in [0.05, 0.1) is 18.2 Å². The maximum Gasteiger partial charge on any atom is 0.227 e. The Kier molecular flexibility index (Phi) is 5.04. The van der Waals surface area contributed by atoms with E-state index in [2.05, 4.69) is 5.32 Å². The van der Waals surface area contributed by atoms with Crippen LogP contribution in [0.3, 0.4) is 0 Å². The Morgan fingerprint density at radius 1 is 1.42 bits per heavy atom. The van der Waals surface area contributed by atoms with Gasteiger partial charge in [-0.1, -0.05) is 12.1 Å². The minimum absolute atomic E-state index is 0.0286. The molecule has 130 valence electrons. The van der Waals surface area contributed by atoms with Crippen molar-refractivity contribution in [2.45, 2.75) is 32.2 Å². The van der Waals surface area contributed by atoms with Crippen LogP contribution < -0.4 is 20.7 Å². The van der Waals surface area contributed by atoms with Crippen molar-refractivity contribution >= 4 is 17.5 Å². The van der Waals surface area contributed by atoms with E-state index in [0.29, 0.717) is 31.4 Å². The van der Waals surface area contributed by atoms with Crippen LogP contribution in [0.25, 0.3) is 0 Å². The Bertz CT molecular complexity index is 615. The molecule has 6 heteroatoms.